The highest BCUT2D eigenvalue weighted by Crippen LogP contribution is 2.36. The number of aliphatic hydroxyl groups is 1. The Morgan fingerprint density at radius 2 is 1.21 bits per heavy atom. The molecule has 2 aliphatic rings. The molecule has 2 aliphatic heterocycles. The van der Waals surface area contributed by atoms with Crippen molar-refractivity contribution in [1.82, 2.24) is 0 Å². The first kappa shape index (κ1) is 29.1. The van der Waals surface area contributed by atoms with Crippen molar-refractivity contribution in [3.8, 4) is 0 Å². The Balaban J connectivity index is 1.49. The summed E-state index contributed by atoms with van der Waals surface area (Å²) in [5, 5.41) is 11.0. The zero-order chi connectivity index (χ0) is 27.4. The van der Waals surface area contributed by atoms with E-state index in [0.717, 1.165) is 0 Å². The maximum Gasteiger partial charge on any atom is 0.338 e. The number of ether oxygens (including phenoxy) is 6. The lowest BCUT2D eigenvalue weighted by atomic mass is 9.99. The van der Waals surface area contributed by atoms with E-state index in [1.54, 1.807) is 74.5 Å². The van der Waals surface area contributed by atoms with Crippen LogP contribution >= 0.6 is 31.9 Å². The summed E-state index contributed by atoms with van der Waals surface area (Å²) < 4.78 is 35.2. The predicted octanol–water partition coefficient (Wildman–Crippen LogP) is 3.85. The Kier molecular flexibility index (Phi) is 9.96. The number of rotatable bonds is 7. The molecule has 2 aromatic carbocycles. The van der Waals surface area contributed by atoms with Gasteiger partial charge in [0, 0.05) is 7.11 Å². The number of esters is 2. The normalized spacial score (nSPS) is 35.3. The van der Waals surface area contributed by atoms with Gasteiger partial charge in [0.05, 0.1) is 33.0 Å². The molecule has 0 saturated carbocycles. The summed E-state index contributed by atoms with van der Waals surface area (Å²) in [6.07, 6.45) is -6.65. The second-order valence-electron chi connectivity index (χ2n) is 9.11. The predicted molar refractivity (Wildman–Crippen MR) is 143 cm³/mol. The van der Waals surface area contributed by atoms with E-state index in [2.05, 4.69) is 31.9 Å². The molecule has 0 amide bonds. The summed E-state index contributed by atoms with van der Waals surface area (Å²) in [6.45, 7) is 3.44. The zero-order valence-electron chi connectivity index (χ0n) is 21.0. The molecule has 11 heteroatoms. The van der Waals surface area contributed by atoms with Gasteiger partial charge in [-0.2, -0.15) is 0 Å². The molecule has 2 aromatic rings. The van der Waals surface area contributed by atoms with Crippen molar-refractivity contribution in [3.63, 3.8) is 0 Å². The molecule has 206 valence electrons. The number of alkyl halides is 2. The molecule has 4 rings (SSSR count). The SMILES string of the molecule is CO[C@@H]1O[C@H](C)[C@@H](OC(=O)c2ccccc2)[C@H](O[C@@H]2O[C@H](C)[C@@H](OC(=O)c3ccccc3)[C@H](O)[C@H]2Br)[C@H]1Br. The molecule has 0 aromatic heterocycles. The molecule has 1 N–H and O–H groups in total. The minimum Gasteiger partial charge on any atom is -0.453 e. The maximum atomic E-state index is 12.9. The molecule has 10 atom stereocenters. The van der Waals surface area contributed by atoms with E-state index in [1.165, 1.54) is 7.11 Å². The second-order valence-corrected chi connectivity index (χ2v) is 11.2. The Hall–Kier alpha value is -1.86. The highest BCUT2D eigenvalue weighted by atomic mass is 79.9. The van der Waals surface area contributed by atoms with Gasteiger partial charge in [-0.05, 0) is 38.1 Å². The van der Waals surface area contributed by atoms with Crippen molar-refractivity contribution in [2.24, 2.45) is 0 Å². The average molecular weight is 658 g/mol. The number of carbonyl (C=O) groups is 2. The van der Waals surface area contributed by atoms with Crippen molar-refractivity contribution in [1.29, 1.82) is 0 Å². The van der Waals surface area contributed by atoms with E-state index in [4.69, 9.17) is 28.4 Å². The van der Waals surface area contributed by atoms with Gasteiger partial charge in [0.15, 0.2) is 24.8 Å². The fourth-order valence-corrected chi connectivity index (χ4v) is 5.73. The first-order valence-electron chi connectivity index (χ1n) is 12.2. The fourth-order valence-electron chi connectivity index (χ4n) is 4.41. The van der Waals surface area contributed by atoms with Crippen LogP contribution in [0.5, 0.6) is 0 Å². The Labute approximate surface area is 237 Å². The van der Waals surface area contributed by atoms with Gasteiger partial charge in [-0.25, -0.2) is 9.59 Å². The summed E-state index contributed by atoms with van der Waals surface area (Å²) in [4.78, 5) is 24.2. The van der Waals surface area contributed by atoms with Gasteiger partial charge in [-0.15, -0.1) is 0 Å². The molecular weight excluding hydrogens is 628 g/mol. The molecule has 38 heavy (non-hydrogen) atoms. The quantitative estimate of drug-likeness (QED) is 0.351. The second kappa shape index (κ2) is 13.0. The van der Waals surface area contributed by atoms with Crippen molar-refractivity contribution in [3.05, 3.63) is 71.8 Å². The monoisotopic (exact) mass is 656 g/mol. The zero-order valence-corrected chi connectivity index (χ0v) is 24.2. The maximum absolute atomic E-state index is 12.9. The standard InChI is InChI=1S/C27H30Br2O9/c1-14-21(36-24(31)16-10-6-4-7-11-16)20(30)18(28)27(35-14)38-23-19(29)26(33-3)34-15(2)22(23)37-25(32)17-12-8-5-9-13-17/h4-15,18-23,26-27,30H,1-3H3/t14-,15-,18-,19-,20-,21-,22-,23-,26-,27+/m1/s1. The van der Waals surface area contributed by atoms with E-state index in [-0.39, 0.29) is 0 Å². The molecule has 0 aliphatic carbocycles. The van der Waals surface area contributed by atoms with Gasteiger partial charge >= 0.3 is 11.9 Å². The molecule has 2 heterocycles. The molecule has 9 nitrogen and oxygen atoms in total. The van der Waals surface area contributed by atoms with Crippen molar-refractivity contribution >= 4 is 43.8 Å². The molecular formula is C27H30Br2O9. The summed E-state index contributed by atoms with van der Waals surface area (Å²) >= 11 is 7.03. The fraction of sp³-hybridized carbons (Fsp3) is 0.481. The first-order chi connectivity index (χ1) is 18.2. The molecule has 0 spiro atoms. The summed E-state index contributed by atoms with van der Waals surface area (Å²) in [5.74, 6) is -1.10. The average Bonchev–Trinajstić information content (AvgIpc) is 2.93. The van der Waals surface area contributed by atoms with Gasteiger partial charge in [0.1, 0.15) is 12.2 Å². The third kappa shape index (κ3) is 6.47. The molecule has 0 bridgehead atoms. The first-order valence-corrected chi connectivity index (χ1v) is 14.0. The van der Waals surface area contributed by atoms with E-state index in [9.17, 15) is 14.7 Å². The molecule has 2 fully saturated rings. The van der Waals surface area contributed by atoms with Crippen LogP contribution in [-0.4, -0.2) is 83.0 Å². The minimum atomic E-state index is -1.15. The number of benzene rings is 2. The lowest BCUT2D eigenvalue weighted by molar-refractivity contribution is -0.296. The Morgan fingerprint density at radius 3 is 1.74 bits per heavy atom. The van der Waals surface area contributed by atoms with Crippen LogP contribution < -0.4 is 0 Å². The van der Waals surface area contributed by atoms with Gasteiger partial charge in [0.2, 0.25) is 0 Å². The van der Waals surface area contributed by atoms with Crippen LogP contribution in [0, 0.1) is 0 Å². The van der Waals surface area contributed by atoms with E-state index >= 15 is 0 Å². The lowest BCUT2D eigenvalue weighted by Gasteiger charge is -2.46. The third-order valence-corrected chi connectivity index (χ3v) is 8.40. The molecule has 2 saturated heterocycles. The minimum absolute atomic E-state index is 0.364. The largest absolute Gasteiger partial charge is 0.453 e. The summed E-state index contributed by atoms with van der Waals surface area (Å²) in [7, 11) is 1.50. The highest BCUT2D eigenvalue weighted by Gasteiger charge is 2.51. The topological polar surface area (TPSA) is 110 Å². The molecule has 0 unspecified atom stereocenters. The Morgan fingerprint density at radius 1 is 0.737 bits per heavy atom. The van der Waals surface area contributed by atoms with Crippen LogP contribution in [0.4, 0.5) is 0 Å². The van der Waals surface area contributed by atoms with Crippen LogP contribution in [-0.2, 0) is 28.4 Å². The summed E-state index contributed by atoms with van der Waals surface area (Å²) in [5.41, 5.74) is 0.751. The number of carbonyl (C=O) groups excluding carboxylic acids is 2. The number of hydrogen-bond acceptors (Lipinski definition) is 9. The van der Waals surface area contributed by atoms with Crippen LogP contribution in [0.2, 0.25) is 0 Å². The van der Waals surface area contributed by atoms with Gasteiger partial charge in [0.25, 0.3) is 0 Å². The number of methoxy groups -OCH3 is 1. The van der Waals surface area contributed by atoms with Gasteiger partial charge in [-0.3, -0.25) is 0 Å². The lowest BCUT2D eigenvalue weighted by Crippen LogP contribution is -2.62. The smallest absolute Gasteiger partial charge is 0.338 e. The number of hydrogen-bond donors (Lipinski definition) is 1. The molecule has 0 radical (unpaired) electrons. The van der Waals surface area contributed by atoms with Crippen molar-refractivity contribution in [2.75, 3.05) is 7.11 Å². The van der Waals surface area contributed by atoms with E-state index < -0.39 is 70.8 Å². The van der Waals surface area contributed by atoms with Crippen LogP contribution in [0.3, 0.4) is 0 Å². The van der Waals surface area contributed by atoms with Crippen molar-refractivity contribution < 1.29 is 43.1 Å². The number of halogens is 2. The number of aliphatic hydroxyl groups excluding tert-OH is 1. The van der Waals surface area contributed by atoms with Crippen LogP contribution in [0.1, 0.15) is 34.6 Å². The van der Waals surface area contributed by atoms with Crippen LogP contribution in [0.15, 0.2) is 60.7 Å². The van der Waals surface area contributed by atoms with E-state index in [1.807, 2.05) is 0 Å². The van der Waals surface area contributed by atoms with Gasteiger partial charge < -0.3 is 33.5 Å². The summed E-state index contributed by atoms with van der Waals surface area (Å²) in [6, 6.07) is 17.1. The Bertz CT molecular complexity index is 1070. The van der Waals surface area contributed by atoms with E-state index in [0.29, 0.717) is 11.1 Å². The van der Waals surface area contributed by atoms with Gasteiger partial charge in [-0.1, -0.05) is 68.3 Å². The third-order valence-electron chi connectivity index (χ3n) is 6.47. The highest BCUT2D eigenvalue weighted by molar-refractivity contribution is 9.09. The van der Waals surface area contributed by atoms with Crippen molar-refractivity contribution in [2.45, 2.75) is 72.7 Å². The van der Waals surface area contributed by atoms with Crippen LogP contribution in [0.25, 0.3) is 0 Å².